The van der Waals surface area contributed by atoms with Crippen LogP contribution in [0.25, 0.3) is 111 Å². The minimum atomic E-state index is 0.544. The number of benzene rings is 11. The second-order valence-corrected chi connectivity index (χ2v) is 21.1. The molecule has 0 aliphatic carbocycles. The summed E-state index contributed by atoms with van der Waals surface area (Å²) in [4.78, 5) is 14.7. The third kappa shape index (κ3) is 9.14. The van der Waals surface area contributed by atoms with Gasteiger partial charge in [-0.2, -0.15) is 0 Å². The zero-order valence-electron chi connectivity index (χ0n) is 44.8. The van der Waals surface area contributed by atoms with Crippen LogP contribution in [0.15, 0.2) is 307 Å². The quantitative estimate of drug-likeness (QED) is 0.122. The summed E-state index contributed by atoms with van der Waals surface area (Å²) in [5, 5.41) is 4.82. The summed E-state index contributed by atoms with van der Waals surface area (Å²) < 4.78 is 12.6. The van der Waals surface area contributed by atoms with Crippen LogP contribution in [0.5, 0.6) is 0 Å². The Hall–Kier alpha value is -10.8. The van der Waals surface area contributed by atoms with E-state index in [4.69, 9.17) is 30.4 Å². The molecular formula is C76H49ClN4O2. The maximum absolute atomic E-state index is 7.76. The molecule has 0 bridgehead atoms. The average molecular weight is 1090 g/mol. The number of hydrogen-bond donors (Lipinski definition) is 0. The van der Waals surface area contributed by atoms with Crippen LogP contribution in [0.3, 0.4) is 0 Å². The Balaban J connectivity index is 0.999. The molecule has 0 spiro atoms. The largest absolute Gasteiger partial charge is 0.456 e. The first-order valence-electron chi connectivity index (χ1n) is 27.7. The van der Waals surface area contributed by atoms with Gasteiger partial charge < -0.3 is 18.6 Å². The number of pyridine rings is 2. The topological polar surface area (TPSA) is 58.5 Å². The number of fused-ring (bicyclic) bond motifs is 6. The smallest absolute Gasteiger partial charge is 0.135 e. The fourth-order valence-corrected chi connectivity index (χ4v) is 12.0. The van der Waals surface area contributed by atoms with Crippen LogP contribution in [-0.4, -0.2) is 9.97 Å². The Kier molecular flexibility index (Phi) is 12.5. The van der Waals surface area contributed by atoms with Gasteiger partial charge in [0.25, 0.3) is 0 Å². The molecule has 0 saturated heterocycles. The summed E-state index contributed by atoms with van der Waals surface area (Å²) in [5.74, 6) is 0. The van der Waals surface area contributed by atoms with Crippen molar-refractivity contribution in [2.45, 2.75) is 0 Å². The predicted molar refractivity (Wildman–Crippen MR) is 344 cm³/mol. The molecule has 0 atom stereocenters. The van der Waals surface area contributed by atoms with Crippen molar-refractivity contribution in [1.82, 2.24) is 9.97 Å². The number of nitrogens with zero attached hydrogens (tertiary/aromatic N) is 4. The van der Waals surface area contributed by atoms with Crippen molar-refractivity contribution in [3.8, 4) is 66.8 Å². The number of rotatable bonds is 12. The van der Waals surface area contributed by atoms with Crippen molar-refractivity contribution >= 4 is 89.6 Å². The number of halogens is 1. The molecule has 4 heterocycles. The molecular weight excluding hydrogens is 1040 g/mol. The Labute approximate surface area is 485 Å². The van der Waals surface area contributed by atoms with Crippen LogP contribution in [0, 0.1) is 0 Å². The number of aromatic nitrogens is 2. The van der Waals surface area contributed by atoms with Crippen molar-refractivity contribution in [2.75, 3.05) is 9.80 Å². The lowest BCUT2D eigenvalue weighted by Crippen LogP contribution is -2.16. The average Bonchev–Trinajstić information content (AvgIpc) is 4.27. The van der Waals surface area contributed by atoms with Gasteiger partial charge in [-0.3, -0.25) is 9.97 Å². The summed E-state index contributed by atoms with van der Waals surface area (Å²) in [7, 11) is 0. The number of para-hydroxylation sites is 2. The predicted octanol–water partition coefficient (Wildman–Crippen LogP) is 21.9. The zero-order valence-corrected chi connectivity index (χ0v) is 45.5. The summed E-state index contributed by atoms with van der Waals surface area (Å²) in [6.45, 7) is 0. The van der Waals surface area contributed by atoms with Gasteiger partial charge in [0.1, 0.15) is 22.3 Å². The van der Waals surface area contributed by atoms with Gasteiger partial charge in [0, 0.05) is 96.4 Å². The second kappa shape index (κ2) is 21.0. The number of anilines is 6. The van der Waals surface area contributed by atoms with Gasteiger partial charge in [-0.05, 0) is 123 Å². The van der Waals surface area contributed by atoms with E-state index in [0.717, 1.165) is 145 Å². The van der Waals surface area contributed by atoms with Gasteiger partial charge in [-0.1, -0.05) is 206 Å². The zero-order chi connectivity index (χ0) is 55.2. The molecule has 83 heavy (non-hydrogen) atoms. The first kappa shape index (κ1) is 49.3. The normalized spacial score (nSPS) is 11.4. The molecule has 0 N–H and O–H groups in total. The Morgan fingerprint density at radius 2 is 0.578 bits per heavy atom. The highest BCUT2D eigenvalue weighted by molar-refractivity contribution is 6.31. The van der Waals surface area contributed by atoms with Crippen LogP contribution in [-0.2, 0) is 0 Å². The lowest BCUT2D eigenvalue weighted by molar-refractivity contribution is 0.668. The van der Waals surface area contributed by atoms with Crippen molar-refractivity contribution in [1.29, 1.82) is 0 Å². The molecule has 0 unspecified atom stereocenters. The molecule has 15 aromatic rings. The van der Waals surface area contributed by atoms with Crippen LogP contribution in [0.2, 0.25) is 5.02 Å². The highest BCUT2D eigenvalue weighted by atomic mass is 35.5. The van der Waals surface area contributed by atoms with E-state index in [-0.39, 0.29) is 0 Å². The monoisotopic (exact) mass is 1080 g/mol. The van der Waals surface area contributed by atoms with Crippen LogP contribution in [0.1, 0.15) is 0 Å². The Bertz CT molecular complexity index is 4470. The van der Waals surface area contributed by atoms with E-state index in [1.54, 1.807) is 0 Å². The van der Waals surface area contributed by atoms with Crippen molar-refractivity contribution in [3.05, 3.63) is 303 Å². The Morgan fingerprint density at radius 3 is 0.964 bits per heavy atom. The summed E-state index contributed by atoms with van der Waals surface area (Å²) in [5.41, 5.74) is 20.9. The number of hydrogen-bond acceptors (Lipinski definition) is 6. The van der Waals surface area contributed by atoms with Crippen molar-refractivity contribution in [2.24, 2.45) is 0 Å². The van der Waals surface area contributed by atoms with E-state index in [0.29, 0.717) is 5.02 Å². The van der Waals surface area contributed by atoms with Gasteiger partial charge in [0.2, 0.25) is 0 Å². The summed E-state index contributed by atoms with van der Waals surface area (Å²) in [6, 6.07) is 95.4. The molecule has 15 rings (SSSR count). The molecule has 11 aromatic carbocycles. The molecule has 0 fully saturated rings. The fourth-order valence-electron chi connectivity index (χ4n) is 11.8. The lowest BCUT2D eigenvalue weighted by atomic mass is 9.95. The highest BCUT2D eigenvalue weighted by Crippen LogP contribution is 2.52. The van der Waals surface area contributed by atoms with Gasteiger partial charge in [-0.15, -0.1) is 0 Å². The van der Waals surface area contributed by atoms with Gasteiger partial charge in [0.05, 0.1) is 11.4 Å². The molecule has 0 aliphatic heterocycles. The Morgan fingerprint density at radius 1 is 0.253 bits per heavy atom. The SMILES string of the molecule is Clc1cc(N(c2cccc(-c3ccc4oc5ccccc5c4c3)c2)c2c(-c3ccccc3)cncc2-c2ccccc2)cc(N(c2cccc(-c3ccc4oc5ccccc5c4c3)c2)c2c(-c3ccccc3)cncc2-c2ccccc2)c1. The first-order valence-corrected chi connectivity index (χ1v) is 28.1. The van der Waals surface area contributed by atoms with Crippen LogP contribution < -0.4 is 9.80 Å². The molecule has 0 saturated carbocycles. The highest BCUT2D eigenvalue weighted by Gasteiger charge is 2.28. The molecule has 0 amide bonds. The van der Waals surface area contributed by atoms with E-state index in [9.17, 15) is 0 Å². The van der Waals surface area contributed by atoms with E-state index < -0.39 is 0 Å². The number of furan rings is 2. The van der Waals surface area contributed by atoms with E-state index >= 15 is 0 Å². The third-order valence-electron chi connectivity index (χ3n) is 15.6. The van der Waals surface area contributed by atoms with Gasteiger partial charge >= 0.3 is 0 Å². The van der Waals surface area contributed by atoms with Crippen LogP contribution in [0.4, 0.5) is 34.1 Å². The third-order valence-corrected chi connectivity index (χ3v) is 15.9. The van der Waals surface area contributed by atoms with E-state index in [1.165, 1.54) is 0 Å². The maximum Gasteiger partial charge on any atom is 0.135 e. The maximum atomic E-state index is 7.76. The fraction of sp³-hybridized carbons (Fsp3) is 0. The standard InChI is InChI=1S/C76H49ClN4O2/c77-58-43-61(80(75-67(50-19-5-1-6-20-50)46-78-47-68(75)51-21-7-2-8-22-51)59-29-17-27-54(39-59)56-35-37-73-65(41-56)63-31-13-15-33-71(63)82-73)45-62(44-58)81(76-69(52-23-9-3-10-24-52)48-79-49-70(76)53-25-11-4-12-26-53)60-30-18-28-55(40-60)57-36-38-74-66(42-57)64-32-14-16-34-72(64)83-74/h1-49H. The second-order valence-electron chi connectivity index (χ2n) is 20.7. The molecule has 4 aromatic heterocycles. The molecule has 0 aliphatic rings. The molecule has 7 heteroatoms. The first-order chi connectivity index (χ1) is 41.1. The molecule has 392 valence electrons. The lowest BCUT2D eigenvalue weighted by Gasteiger charge is -2.33. The van der Waals surface area contributed by atoms with Crippen LogP contribution >= 0.6 is 11.6 Å². The van der Waals surface area contributed by atoms with E-state index in [2.05, 4.69) is 259 Å². The minimum absolute atomic E-state index is 0.544. The summed E-state index contributed by atoms with van der Waals surface area (Å²) >= 11 is 7.76. The van der Waals surface area contributed by atoms with Crippen molar-refractivity contribution in [3.63, 3.8) is 0 Å². The van der Waals surface area contributed by atoms with Gasteiger partial charge in [0.15, 0.2) is 0 Å². The summed E-state index contributed by atoms with van der Waals surface area (Å²) in [6.07, 6.45) is 7.92. The minimum Gasteiger partial charge on any atom is -0.456 e. The van der Waals surface area contributed by atoms with Gasteiger partial charge in [-0.25, -0.2) is 0 Å². The van der Waals surface area contributed by atoms with E-state index in [1.807, 2.05) is 49.1 Å². The van der Waals surface area contributed by atoms with Crippen molar-refractivity contribution < 1.29 is 8.83 Å². The molecule has 6 nitrogen and oxygen atoms in total. The molecule has 0 radical (unpaired) electrons.